The van der Waals surface area contributed by atoms with Gasteiger partial charge in [-0.15, -0.1) is 0 Å². The lowest BCUT2D eigenvalue weighted by molar-refractivity contribution is -0.138. The second-order valence-electron chi connectivity index (χ2n) is 2.61. The summed E-state index contributed by atoms with van der Waals surface area (Å²) in [7, 11) is 0. The molecule has 0 radical (unpaired) electrons. The highest BCUT2D eigenvalue weighted by molar-refractivity contribution is 9.10. The molecule has 0 amide bonds. The van der Waals surface area contributed by atoms with E-state index in [1.807, 2.05) is 0 Å². The molecule has 0 saturated carbocycles. The first kappa shape index (κ1) is 12.0. The van der Waals surface area contributed by atoms with Gasteiger partial charge in [0.05, 0.1) is 5.56 Å². The van der Waals surface area contributed by atoms with E-state index in [1.165, 1.54) is 0 Å². The van der Waals surface area contributed by atoms with Gasteiger partial charge < -0.3 is 5.11 Å². The highest BCUT2D eigenvalue weighted by atomic mass is 79.9. The predicted octanol–water partition coefficient (Wildman–Crippen LogP) is 3.31. The van der Waals surface area contributed by atoms with Crippen molar-refractivity contribution in [1.82, 2.24) is 0 Å². The number of halogens is 5. The van der Waals surface area contributed by atoms with Crippen LogP contribution in [0.1, 0.15) is 15.9 Å². The van der Waals surface area contributed by atoms with Gasteiger partial charge in [0.15, 0.2) is 0 Å². The Morgan fingerprint density at radius 1 is 1.33 bits per heavy atom. The quantitative estimate of drug-likeness (QED) is 0.805. The SMILES string of the molecule is O=C(O)c1c(F)cc(Br)cc1C(F)(F)F. The van der Waals surface area contributed by atoms with Crippen LogP contribution in [0.3, 0.4) is 0 Å². The summed E-state index contributed by atoms with van der Waals surface area (Å²) in [6.45, 7) is 0. The van der Waals surface area contributed by atoms with Crippen LogP contribution in [0.15, 0.2) is 16.6 Å². The molecule has 7 heteroatoms. The van der Waals surface area contributed by atoms with Gasteiger partial charge in [0.2, 0.25) is 0 Å². The Labute approximate surface area is 89.6 Å². The summed E-state index contributed by atoms with van der Waals surface area (Å²) < 4.78 is 49.8. The summed E-state index contributed by atoms with van der Waals surface area (Å²) in [5, 5.41) is 8.45. The van der Waals surface area contributed by atoms with Gasteiger partial charge in [-0.1, -0.05) is 15.9 Å². The minimum Gasteiger partial charge on any atom is -0.478 e. The van der Waals surface area contributed by atoms with Crippen molar-refractivity contribution in [3.8, 4) is 0 Å². The van der Waals surface area contributed by atoms with Crippen molar-refractivity contribution in [3.63, 3.8) is 0 Å². The predicted molar refractivity (Wildman–Crippen MR) is 46.1 cm³/mol. The third-order valence-electron chi connectivity index (χ3n) is 1.57. The first-order chi connectivity index (χ1) is 6.73. The second-order valence-corrected chi connectivity index (χ2v) is 3.53. The number of hydrogen-bond acceptors (Lipinski definition) is 1. The molecule has 15 heavy (non-hydrogen) atoms. The molecule has 1 aromatic rings. The van der Waals surface area contributed by atoms with Crippen LogP contribution in [0, 0.1) is 5.82 Å². The molecule has 0 heterocycles. The molecule has 0 saturated heterocycles. The zero-order valence-electron chi connectivity index (χ0n) is 6.90. The van der Waals surface area contributed by atoms with Crippen molar-refractivity contribution in [1.29, 1.82) is 0 Å². The first-order valence-electron chi connectivity index (χ1n) is 3.53. The Hall–Kier alpha value is -1.11. The molecule has 0 aliphatic rings. The lowest BCUT2D eigenvalue weighted by Crippen LogP contribution is -2.15. The fourth-order valence-corrected chi connectivity index (χ4v) is 1.44. The van der Waals surface area contributed by atoms with Crippen molar-refractivity contribution in [2.45, 2.75) is 6.18 Å². The summed E-state index contributed by atoms with van der Waals surface area (Å²) in [5.74, 6) is -3.38. The summed E-state index contributed by atoms with van der Waals surface area (Å²) in [5.41, 5.74) is -2.88. The van der Waals surface area contributed by atoms with Crippen LogP contribution in [0.5, 0.6) is 0 Å². The van der Waals surface area contributed by atoms with Crippen LogP contribution in [0.2, 0.25) is 0 Å². The largest absolute Gasteiger partial charge is 0.478 e. The van der Waals surface area contributed by atoms with Gasteiger partial charge in [-0.2, -0.15) is 13.2 Å². The number of carboxylic acid groups (broad SMARTS) is 1. The molecule has 1 aromatic carbocycles. The van der Waals surface area contributed by atoms with Crippen LogP contribution < -0.4 is 0 Å². The van der Waals surface area contributed by atoms with Crippen molar-refractivity contribution < 1.29 is 27.5 Å². The Morgan fingerprint density at radius 2 is 1.87 bits per heavy atom. The number of aromatic carboxylic acids is 1. The van der Waals surface area contributed by atoms with E-state index in [-0.39, 0.29) is 4.47 Å². The van der Waals surface area contributed by atoms with E-state index < -0.39 is 29.1 Å². The summed E-state index contributed by atoms with van der Waals surface area (Å²) in [4.78, 5) is 10.4. The maximum absolute atomic E-state index is 13.0. The molecule has 0 spiro atoms. The van der Waals surface area contributed by atoms with E-state index in [1.54, 1.807) is 0 Å². The van der Waals surface area contributed by atoms with Crippen molar-refractivity contribution >= 4 is 21.9 Å². The average molecular weight is 287 g/mol. The van der Waals surface area contributed by atoms with Gasteiger partial charge in [0, 0.05) is 4.47 Å². The van der Waals surface area contributed by atoms with E-state index in [9.17, 15) is 22.4 Å². The van der Waals surface area contributed by atoms with Crippen LogP contribution in [0.25, 0.3) is 0 Å². The highest BCUT2D eigenvalue weighted by Gasteiger charge is 2.37. The molecule has 0 aromatic heterocycles. The summed E-state index contributed by atoms with van der Waals surface area (Å²) >= 11 is 2.66. The molecule has 1 rings (SSSR count). The van der Waals surface area contributed by atoms with Gasteiger partial charge in [0.25, 0.3) is 0 Å². The molecular weight excluding hydrogens is 284 g/mol. The van der Waals surface area contributed by atoms with E-state index >= 15 is 0 Å². The van der Waals surface area contributed by atoms with Crippen LogP contribution in [-0.2, 0) is 6.18 Å². The number of rotatable bonds is 1. The normalized spacial score (nSPS) is 11.5. The molecule has 0 unspecified atom stereocenters. The van der Waals surface area contributed by atoms with E-state index in [0.29, 0.717) is 12.1 Å². The van der Waals surface area contributed by atoms with Crippen molar-refractivity contribution in [3.05, 3.63) is 33.5 Å². The maximum atomic E-state index is 13.0. The monoisotopic (exact) mass is 286 g/mol. The van der Waals surface area contributed by atoms with E-state index in [4.69, 9.17) is 5.11 Å². The van der Waals surface area contributed by atoms with Gasteiger partial charge in [-0.05, 0) is 12.1 Å². The molecule has 0 atom stereocenters. The Kier molecular flexibility index (Phi) is 3.03. The topological polar surface area (TPSA) is 37.3 Å². The highest BCUT2D eigenvalue weighted by Crippen LogP contribution is 2.35. The maximum Gasteiger partial charge on any atom is 0.417 e. The minimum absolute atomic E-state index is 0.169. The summed E-state index contributed by atoms with van der Waals surface area (Å²) in [6, 6.07) is 1.19. The fourth-order valence-electron chi connectivity index (χ4n) is 1.01. The number of benzene rings is 1. The molecule has 1 N–H and O–H groups in total. The molecule has 0 fully saturated rings. The zero-order chi connectivity index (χ0) is 11.8. The lowest BCUT2D eigenvalue weighted by Gasteiger charge is -2.11. The Bertz CT molecular complexity index is 414. The number of alkyl halides is 3. The molecule has 0 aliphatic carbocycles. The molecule has 2 nitrogen and oxygen atoms in total. The zero-order valence-corrected chi connectivity index (χ0v) is 8.49. The molecule has 0 bridgehead atoms. The minimum atomic E-state index is -4.90. The van der Waals surface area contributed by atoms with Gasteiger partial charge >= 0.3 is 12.1 Å². The van der Waals surface area contributed by atoms with Crippen molar-refractivity contribution in [2.75, 3.05) is 0 Å². The second kappa shape index (κ2) is 3.80. The van der Waals surface area contributed by atoms with Crippen LogP contribution in [0.4, 0.5) is 17.6 Å². The van der Waals surface area contributed by atoms with Gasteiger partial charge in [0.1, 0.15) is 11.4 Å². The first-order valence-corrected chi connectivity index (χ1v) is 4.32. The Balaban J connectivity index is 3.54. The molecular formula is C8H3BrF4O2. The molecule has 82 valence electrons. The number of carbonyl (C=O) groups is 1. The van der Waals surface area contributed by atoms with E-state index in [2.05, 4.69) is 15.9 Å². The van der Waals surface area contributed by atoms with Gasteiger partial charge in [-0.25, -0.2) is 9.18 Å². The summed E-state index contributed by atoms with van der Waals surface area (Å²) in [6.07, 6.45) is -4.90. The van der Waals surface area contributed by atoms with Gasteiger partial charge in [-0.3, -0.25) is 0 Å². The lowest BCUT2D eigenvalue weighted by atomic mass is 10.1. The smallest absolute Gasteiger partial charge is 0.417 e. The molecule has 0 aliphatic heterocycles. The third-order valence-corrected chi connectivity index (χ3v) is 2.03. The standard InChI is InChI=1S/C8H3BrF4O2/c9-3-1-4(8(11,12)13)6(7(14)15)5(10)2-3/h1-2H,(H,14,15). The third kappa shape index (κ3) is 2.47. The van der Waals surface area contributed by atoms with Crippen LogP contribution >= 0.6 is 15.9 Å². The van der Waals surface area contributed by atoms with E-state index in [0.717, 1.165) is 0 Å². The van der Waals surface area contributed by atoms with Crippen molar-refractivity contribution in [2.24, 2.45) is 0 Å². The number of hydrogen-bond donors (Lipinski definition) is 1. The average Bonchev–Trinajstić information content (AvgIpc) is 1.99. The Morgan fingerprint density at radius 3 is 2.27 bits per heavy atom. The van der Waals surface area contributed by atoms with Crippen LogP contribution in [-0.4, -0.2) is 11.1 Å². The fraction of sp³-hybridized carbons (Fsp3) is 0.125. The number of carboxylic acids is 1.